The third-order valence-electron chi connectivity index (χ3n) is 2.83. The molecule has 0 radical (unpaired) electrons. The van der Waals surface area contributed by atoms with Gasteiger partial charge in [-0.15, -0.1) is 0 Å². The lowest BCUT2D eigenvalue weighted by molar-refractivity contribution is 0.0992. The van der Waals surface area contributed by atoms with Gasteiger partial charge in [-0.25, -0.2) is 0 Å². The topological polar surface area (TPSA) is 70.1 Å². The van der Waals surface area contributed by atoms with Crippen LogP contribution >= 0.6 is 0 Å². The van der Waals surface area contributed by atoms with E-state index in [2.05, 4.69) is 5.10 Å². The van der Waals surface area contributed by atoms with Gasteiger partial charge in [-0.05, 0) is 18.2 Å². The molecule has 1 aliphatic heterocycles. The maximum absolute atomic E-state index is 11.1. The molecule has 2 atom stereocenters. The molecule has 0 fully saturated rings. The SMILES string of the molecule is NC(=O)c1cc2n(n1)C1C=CC=CC1OC=C2. The molecule has 86 valence electrons. The molecule has 17 heavy (non-hydrogen) atoms. The Morgan fingerprint density at radius 3 is 3.06 bits per heavy atom. The van der Waals surface area contributed by atoms with E-state index in [9.17, 15) is 4.79 Å². The van der Waals surface area contributed by atoms with Crippen molar-refractivity contribution in [1.29, 1.82) is 0 Å². The summed E-state index contributed by atoms with van der Waals surface area (Å²) in [6, 6.07) is 1.62. The molecule has 5 heteroatoms. The van der Waals surface area contributed by atoms with Gasteiger partial charge >= 0.3 is 0 Å². The average molecular weight is 229 g/mol. The van der Waals surface area contributed by atoms with Crippen LogP contribution in [0, 0.1) is 0 Å². The van der Waals surface area contributed by atoms with Crippen molar-refractivity contribution in [2.75, 3.05) is 0 Å². The first-order chi connectivity index (χ1) is 8.25. The highest BCUT2D eigenvalue weighted by Crippen LogP contribution is 2.26. The fourth-order valence-electron chi connectivity index (χ4n) is 2.01. The first kappa shape index (κ1) is 9.89. The number of ether oxygens (including phenoxy) is 1. The van der Waals surface area contributed by atoms with Crippen molar-refractivity contribution in [1.82, 2.24) is 9.78 Å². The van der Waals surface area contributed by atoms with Crippen molar-refractivity contribution in [2.24, 2.45) is 5.73 Å². The molecule has 2 N–H and O–H groups in total. The molecule has 1 amide bonds. The normalized spacial score (nSPS) is 24.7. The highest BCUT2D eigenvalue weighted by molar-refractivity contribution is 5.91. The molecule has 2 unspecified atom stereocenters. The fraction of sp³-hybridized carbons (Fsp3) is 0.167. The van der Waals surface area contributed by atoms with Crippen molar-refractivity contribution < 1.29 is 9.53 Å². The highest BCUT2D eigenvalue weighted by atomic mass is 16.5. The first-order valence-electron chi connectivity index (χ1n) is 5.32. The van der Waals surface area contributed by atoms with Gasteiger partial charge in [0.05, 0.1) is 12.0 Å². The molecule has 0 saturated carbocycles. The number of nitrogens with two attached hydrogens (primary N) is 1. The smallest absolute Gasteiger partial charge is 0.269 e. The van der Waals surface area contributed by atoms with E-state index in [0.717, 1.165) is 5.69 Å². The molecule has 1 aromatic rings. The first-order valence-corrected chi connectivity index (χ1v) is 5.32. The molecular formula is C12H11N3O2. The highest BCUT2D eigenvalue weighted by Gasteiger charge is 2.26. The van der Waals surface area contributed by atoms with Crippen LogP contribution in [0.25, 0.3) is 6.08 Å². The molecule has 0 saturated heterocycles. The minimum atomic E-state index is -0.522. The molecule has 5 nitrogen and oxygen atoms in total. The number of aromatic nitrogens is 2. The zero-order valence-electron chi connectivity index (χ0n) is 8.98. The Hall–Kier alpha value is -2.30. The van der Waals surface area contributed by atoms with Crippen molar-refractivity contribution >= 4 is 12.0 Å². The fourth-order valence-corrected chi connectivity index (χ4v) is 2.01. The molecule has 0 bridgehead atoms. The van der Waals surface area contributed by atoms with Crippen molar-refractivity contribution in [3.63, 3.8) is 0 Å². The largest absolute Gasteiger partial charge is 0.491 e. The Morgan fingerprint density at radius 1 is 1.41 bits per heavy atom. The van der Waals surface area contributed by atoms with E-state index >= 15 is 0 Å². The molecule has 0 aromatic carbocycles. The predicted molar refractivity (Wildman–Crippen MR) is 62.0 cm³/mol. The number of hydrogen-bond acceptors (Lipinski definition) is 3. The Morgan fingerprint density at radius 2 is 2.24 bits per heavy atom. The minimum absolute atomic E-state index is 0.0434. The van der Waals surface area contributed by atoms with Crippen LogP contribution in [0.1, 0.15) is 22.2 Å². The van der Waals surface area contributed by atoms with Crippen LogP contribution in [0.2, 0.25) is 0 Å². The maximum Gasteiger partial charge on any atom is 0.269 e. The van der Waals surface area contributed by atoms with Crippen LogP contribution in [-0.2, 0) is 4.74 Å². The van der Waals surface area contributed by atoms with E-state index in [-0.39, 0.29) is 17.8 Å². The van der Waals surface area contributed by atoms with Crippen molar-refractivity contribution in [2.45, 2.75) is 12.1 Å². The molecule has 2 aliphatic rings. The molecule has 3 rings (SSSR count). The van der Waals surface area contributed by atoms with E-state index in [4.69, 9.17) is 10.5 Å². The molecule has 1 aliphatic carbocycles. The third-order valence-corrected chi connectivity index (χ3v) is 2.83. The second-order valence-electron chi connectivity index (χ2n) is 3.93. The summed E-state index contributed by atoms with van der Waals surface area (Å²) in [4.78, 5) is 11.1. The summed E-state index contributed by atoms with van der Waals surface area (Å²) < 4.78 is 7.31. The Balaban J connectivity index is 2.10. The van der Waals surface area contributed by atoms with Gasteiger partial charge in [0.15, 0.2) is 5.69 Å². The maximum atomic E-state index is 11.1. The predicted octanol–water partition coefficient (Wildman–Crippen LogP) is 1.02. The number of fused-ring (bicyclic) bond motifs is 3. The van der Waals surface area contributed by atoms with Gasteiger partial charge in [0.1, 0.15) is 12.1 Å². The van der Waals surface area contributed by atoms with Gasteiger partial charge in [-0.2, -0.15) is 5.10 Å². The van der Waals surface area contributed by atoms with Crippen LogP contribution in [0.15, 0.2) is 36.6 Å². The van der Waals surface area contributed by atoms with Gasteiger partial charge in [-0.1, -0.05) is 18.2 Å². The third kappa shape index (κ3) is 1.56. The Kier molecular flexibility index (Phi) is 2.11. The summed E-state index contributed by atoms with van der Waals surface area (Å²) in [7, 11) is 0. The van der Waals surface area contributed by atoms with E-state index in [0.29, 0.717) is 0 Å². The van der Waals surface area contributed by atoms with E-state index in [1.54, 1.807) is 23.1 Å². The standard InChI is InChI=1S/C12H11N3O2/c13-12(16)9-7-8-5-6-17-11-4-2-1-3-10(11)15(8)14-9/h1-7,10-11H,(H2,13,16). The van der Waals surface area contributed by atoms with Gasteiger partial charge in [0.2, 0.25) is 0 Å². The zero-order chi connectivity index (χ0) is 11.8. The van der Waals surface area contributed by atoms with Gasteiger partial charge in [-0.3, -0.25) is 9.48 Å². The molecule has 0 spiro atoms. The Bertz CT molecular complexity index is 554. The average Bonchev–Trinajstić information content (AvgIpc) is 2.67. The van der Waals surface area contributed by atoms with Crippen LogP contribution in [0.4, 0.5) is 0 Å². The number of hydrogen-bond donors (Lipinski definition) is 1. The molecule has 2 heterocycles. The minimum Gasteiger partial charge on any atom is -0.491 e. The number of allylic oxidation sites excluding steroid dienone is 2. The summed E-state index contributed by atoms with van der Waals surface area (Å²) in [6.07, 6.45) is 11.1. The van der Waals surface area contributed by atoms with E-state index in [1.807, 2.05) is 24.3 Å². The number of primary amides is 1. The quantitative estimate of drug-likeness (QED) is 0.781. The second kappa shape index (κ2) is 3.62. The summed E-state index contributed by atoms with van der Waals surface area (Å²) >= 11 is 0. The summed E-state index contributed by atoms with van der Waals surface area (Å²) in [5.41, 5.74) is 6.31. The van der Waals surface area contributed by atoms with Crippen LogP contribution < -0.4 is 5.73 Å². The number of rotatable bonds is 1. The number of carbonyl (C=O) groups is 1. The number of carbonyl (C=O) groups excluding carboxylic acids is 1. The zero-order valence-corrected chi connectivity index (χ0v) is 8.98. The van der Waals surface area contributed by atoms with Crippen LogP contribution in [-0.4, -0.2) is 21.8 Å². The number of amides is 1. The van der Waals surface area contributed by atoms with Crippen molar-refractivity contribution in [3.05, 3.63) is 48.0 Å². The van der Waals surface area contributed by atoms with Gasteiger partial charge < -0.3 is 10.5 Å². The molecule has 1 aromatic heterocycles. The van der Waals surface area contributed by atoms with Crippen LogP contribution in [0.5, 0.6) is 0 Å². The van der Waals surface area contributed by atoms with Gasteiger partial charge in [0, 0.05) is 0 Å². The number of nitrogens with zero attached hydrogens (tertiary/aromatic N) is 2. The van der Waals surface area contributed by atoms with Crippen LogP contribution in [0.3, 0.4) is 0 Å². The summed E-state index contributed by atoms with van der Waals surface area (Å²) in [5.74, 6) is -0.522. The lowest BCUT2D eigenvalue weighted by atomic mass is 10.1. The summed E-state index contributed by atoms with van der Waals surface area (Å²) in [5, 5.41) is 4.22. The Labute approximate surface area is 97.9 Å². The second-order valence-corrected chi connectivity index (χ2v) is 3.93. The monoisotopic (exact) mass is 229 g/mol. The van der Waals surface area contributed by atoms with Gasteiger partial charge in [0.25, 0.3) is 5.91 Å². The lowest BCUT2D eigenvalue weighted by Gasteiger charge is -2.22. The summed E-state index contributed by atoms with van der Waals surface area (Å²) in [6.45, 7) is 0. The lowest BCUT2D eigenvalue weighted by Crippen LogP contribution is -2.25. The van der Waals surface area contributed by atoms with Crippen molar-refractivity contribution in [3.8, 4) is 0 Å². The molecular weight excluding hydrogens is 218 g/mol. The van der Waals surface area contributed by atoms with E-state index in [1.165, 1.54) is 0 Å². The van der Waals surface area contributed by atoms with E-state index < -0.39 is 5.91 Å².